The van der Waals surface area contributed by atoms with Crippen molar-refractivity contribution >= 4 is 0 Å². The maximum absolute atomic E-state index is 10.4. The Labute approximate surface area is 157 Å². The van der Waals surface area contributed by atoms with Gasteiger partial charge in [0.15, 0.2) is 0 Å². The first-order chi connectivity index (χ1) is 13.2. The van der Waals surface area contributed by atoms with E-state index in [-0.39, 0.29) is 11.9 Å². The third kappa shape index (κ3) is 3.26. The average Bonchev–Trinajstić information content (AvgIpc) is 3.32. The Morgan fingerprint density at radius 3 is 2.63 bits per heavy atom. The zero-order valence-corrected chi connectivity index (χ0v) is 14.8. The highest BCUT2D eigenvalue weighted by Gasteiger charge is 2.34. The molecule has 2 aliphatic heterocycles. The van der Waals surface area contributed by atoms with Crippen LogP contribution in [0.3, 0.4) is 0 Å². The molecule has 2 fully saturated rings. The molecule has 3 aromatic rings. The predicted octanol–water partition coefficient (Wildman–Crippen LogP) is 2.70. The fraction of sp³-hybridized carbons (Fsp3) is 0.350. The number of hydrogen-bond acceptors (Lipinski definition) is 6. The number of ether oxygens (including phenoxy) is 1. The van der Waals surface area contributed by atoms with Gasteiger partial charge in [0.1, 0.15) is 11.9 Å². The Kier molecular flexibility index (Phi) is 4.01. The monoisotopic (exact) mass is 363 g/mol. The number of hydrogen-bond donors (Lipinski definition) is 2. The Morgan fingerprint density at radius 1 is 1.11 bits per heavy atom. The molecule has 0 amide bonds. The number of phenols is 1. The largest absolute Gasteiger partial charge is 0.507 e. The molecule has 7 heteroatoms. The number of aromatic hydroxyl groups is 1. The minimum absolute atomic E-state index is 0.152. The molecule has 0 spiro atoms. The number of nitrogens with zero attached hydrogens (tertiary/aromatic N) is 4. The van der Waals surface area contributed by atoms with Gasteiger partial charge in [-0.3, -0.25) is 0 Å². The normalized spacial score (nSPS) is 24.1. The summed E-state index contributed by atoms with van der Waals surface area (Å²) >= 11 is 0. The van der Waals surface area contributed by atoms with Crippen LogP contribution in [0.1, 0.15) is 25.7 Å². The summed E-state index contributed by atoms with van der Waals surface area (Å²) in [6.07, 6.45) is 13.2. The van der Waals surface area contributed by atoms with Gasteiger partial charge in [-0.05, 0) is 37.8 Å². The summed E-state index contributed by atoms with van der Waals surface area (Å²) in [5.74, 6) is 0.693. The van der Waals surface area contributed by atoms with Crippen LogP contribution in [-0.2, 0) is 0 Å². The van der Waals surface area contributed by atoms with Crippen LogP contribution < -0.4 is 10.1 Å². The summed E-state index contributed by atoms with van der Waals surface area (Å²) in [6.45, 7) is 0. The average molecular weight is 363 g/mol. The maximum atomic E-state index is 10.4. The number of aromatic nitrogens is 4. The Morgan fingerprint density at radius 2 is 1.96 bits per heavy atom. The van der Waals surface area contributed by atoms with Crippen LogP contribution in [0, 0.1) is 0 Å². The van der Waals surface area contributed by atoms with Crippen LogP contribution in [0.2, 0.25) is 0 Å². The molecular weight excluding hydrogens is 342 g/mol. The highest BCUT2D eigenvalue weighted by molar-refractivity contribution is 5.68. The van der Waals surface area contributed by atoms with Crippen molar-refractivity contribution in [3.63, 3.8) is 0 Å². The van der Waals surface area contributed by atoms with E-state index in [1.54, 1.807) is 31.0 Å². The molecule has 4 heterocycles. The smallest absolute Gasteiger partial charge is 0.232 e. The molecular formula is C20H21N5O2. The zero-order valence-electron chi connectivity index (χ0n) is 14.8. The second-order valence-electron chi connectivity index (χ2n) is 7.26. The fourth-order valence-electron chi connectivity index (χ4n) is 4.10. The second-order valence-corrected chi connectivity index (χ2v) is 7.26. The summed E-state index contributed by atoms with van der Waals surface area (Å²) in [4.78, 5) is 12.9. The minimum atomic E-state index is 0.152. The Hall–Kier alpha value is -2.93. The number of nitrogens with one attached hydrogen (secondary N) is 1. The van der Waals surface area contributed by atoms with Gasteiger partial charge in [-0.1, -0.05) is 0 Å². The molecule has 0 saturated carbocycles. The first kappa shape index (κ1) is 16.3. The fourth-order valence-corrected chi connectivity index (χ4v) is 4.10. The highest BCUT2D eigenvalue weighted by Crippen LogP contribution is 2.31. The van der Waals surface area contributed by atoms with Crippen LogP contribution in [0.15, 0.2) is 49.3 Å². The van der Waals surface area contributed by atoms with Gasteiger partial charge in [0.2, 0.25) is 5.88 Å². The number of imidazole rings is 1. The molecule has 27 heavy (non-hydrogen) atoms. The van der Waals surface area contributed by atoms with Crippen molar-refractivity contribution in [2.75, 3.05) is 0 Å². The lowest BCUT2D eigenvalue weighted by Crippen LogP contribution is -2.42. The molecule has 3 atom stereocenters. The highest BCUT2D eigenvalue weighted by atomic mass is 16.5. The topological polar surface area (TPSA) is 85.1 Å². The quantitative estimate of drug-likeness (QED) is 0.741. The van der Waals surface area contributed by atoms with Gasteiger partial charge in [-0.15, -0.1) is 0 Å². The molecule has 0 radical (unpaired) electrons. The van der Waals surface area contributed by atoms with E-state index in [9.17, 15) is 5.11 Å². The summed E-state index contributed by atoms with van der Waals surface area (Å²) in [5.41, 5.74) is 2.09. The van der Waals surface area contributed by atoms with Crippen molar-refractivity contribution in [3.05, 3.63) is 49.3 Å². The van der Waals surface area contributed by atoms with Crippen molar-refractivity contribution in [1.29, 1.82) is 0 Å². The lowest BCUT2D eigenvalue weighted by molar-refractivity contribution is 0.131. The molecule has 7 nitrogen and oxygen atoms in total. The van der Waals surface area contributed by atoms with Crippen LogP contribution in [0.5, 0.6) is 11.6 Å². The van der Waals surface area contributed by atoms with Crippen LogP contribution >= 0.6 is 0 Å². The number of phenolic OH excluding ortho intramolecular Hbond substituents is 1. The SMILES string of the molecule is Oc1cc(-n2ccnc2)ccc1-c1cnc(OC2C[C@H]3CC[C@@H](C2)N3)cn1. The van der Waals surface area contributed by atoms with Gasteiger partial charge in [0.05, 0.1) is 30.1 Å². The van der Waals surface area contributed by atoms with Gasteiger partial charge in [0.25, 0.3) is 0 Å². The third-order valence-corrected chi connectivity index (χ3v) is 5.41. The molecule has 2 bridgehead atoms. The van der Waals surface area contributed by atoms with Gasteiger partial charge in [0, 0.05) is 36.1 Å². The van der Waals surface area contributed by atoms with E-state index in [2.05, 4.69) is 20.3 Å². The Bertz CT molecular complexity index is 914. The summed E-state index contributed by atoms with van der Waals surface area (Å²) < 4.78 is 7.87. The number of benzene rings is 1. The summed E-state index contributed by atoms with van der Waals surface area (Å²) in [6, 6.07) is 6.58. The molecule has 1 aromatic carbocycles. The van der Waals surface area contributed by atoms with Crippen LogP contribution in [-0.4, -0.2) is 42.8 Å². The van der Waals surface area contributed by atoms with Gasteiger partial charge < -0.3 is 19.7 Å². The molecule has 2 aliphatic rings. The first-order valence-corrected chi connectivity index (χ1v) is 9.31. The molecule has 2 N–H and O–H groups in total. The van der Waals surface area contributed by atoms with Crippen LogP contribution in [0.4, 0.5) is 0 Å². The van der Waals surface area contributed by atoms with Crippen molar-refractivity contribution in [2.24, 2.45) is 0 Å². The van der Waals surface area contributed by atoms with Crippen LogP contribution in [0.25, 0.3) is 16.9 Å². The molecule has 5 rings (SSSR count). The minimum Gasteiger partial charge on any atom is -0.507 e. The number of piperidine rings is 1. The Balaban J connectivity index is 1.31. The first-order valence-electron chi connectivity index (χ1n) is 9.31. The van der Waals surface area contributed by atoms with E-state index < -0.39 is 0 Å². The van der Waals surface area contributed by atoms with E-state index in [1.165, 1.54) is 12.8 Å². The van der Waals surface area contributed by atoms with E-state index in [1.807, 2.05) is 22.9 Å². The van der Waals surface area contributed by atoms with Crippen molar-refractivity contribution in [3.8, 4) is 28.6 Å². The maximum Gasteiger partial charge on any atom is 0.232 e. The predicted molar refractivity (Wildman–Crippen MR) is 99.9 cm³/mol. The van der Waals surface area contributed by atoms with Gasteiger partial charge in [-0.2, -0.15) is 0 Å². The second kappa shape index (κ2) is 6.66. The molecule has 0 aliphatic carbocycles. The lowest BCUT2D eigenvalue weighted by Gasteiger charge is -2.28. The van der Waals surface area contributed by atoms with E-state index >= 15 is 0 Å². The van der Waals surface area contributed by atoms with Gasteiger partial charge >= 0.3 is 0 Å². The van der Waals surface area contributed by atoms with E-state index in [0.717, 1.165) is 18.5 Å². The van der Waals surface area contributed by atoms with Gasteiger partial charge in [-0.25, -0.2) is 15.0 Å². The van der Waals surface area contributed by atoms with Crippen molar-refractivity contribution in [2.45, 2.75) is 43.9 Å². The van der Waals surface area contributed by atoms with Crippen molar-refractivity contribution < 1.29 is 9.84 Å². The molecule has 2 saturated heterocycles. The standard InChI is InChI=1S/C20H21N5O2/c26-19-9-15(25-6-5-21-12-25)3-4-17(19)18-10-23-20(11-22-18)27-16-7-13-1-2-14(8-16)24-13/h3-6,9-14,16,24,26H,1-2,7-8H2/t13-,14+,16?. The van der Waals surface area contributed by atoms with E-state index in [4.69, 9.17) is 4.74 Å². The number of fused-ring (bicyclic) bond motifs is 2. The molecule has 2 aromatic heterocycles. The lowest BCUT2D eigenvalue weighted by atomic mass is 10.0. The zero-order chi connectivity index (χ0) is 18.2. The third-order valence-electron chi connectivity index (χ3n) is 5.41. The van der Waals surface area contributed by atoms with E-state index in [0.29, 0.717) is 29.2 Å². The summed E-state index contributed by atoms with van der Waals surface area (Å²) in [5, 5.41) is 14.0. The number of rotatable bonds is 4. The molecule has 138 valence electrons. The summed E-state index contributed by atoms with van der Waals surface area (Å²) in [7, 11) is 0. The molecule has 1 unspecified atom stereocenters. The van der Waals surface area contributed by atoms with Crippen molar-refractivity contribution in [1.82, 2.24) is 24.8 Å².